The maximum absolute atomic E-state index is 12.4. The van der Waals surface area contributed by atoms with Gasteiger partial charge in [0.05, 0.1) is 4.90 Å². The number of esters is 1. The van der Waals surface area contributed by atoms with Crippen molar-refractivity contribution in [3.8, 4) is 0 Å². The molecule has 0 fully saturated rings. The molecule has 29 heavy (non-hydrogen) atoms. The molecule has 0 aliphatic carbocycles. The summed E-state index contributed by atoms with van der Waals surface area (Å²) in [7, 11) is -3.89. The van der Waals surface area contributed by atoms with Crippen LogP contribution in [0.5, 0.6) is 0 Å². The Morgan fingerprint density at radius 2 is 1.52 bits per heavy atom. The van der Waals surface area contributed by atoms with Crippen molar-refractivity contribution in [2.24, 2.45) is 0 Å². The third-order valence-corrected chi connectivity index (χ3v) is 5.89. The van der Waals surface area contributed by atoms with E-state index >= 15 is 0 Å². The van der Waals surface area contributed by atoms with Gasteiger partial charge in [0.2, 0.25) is 10.0 Å². The van der Waals surface area contributed by atoms with Crippen LogP contribution in [-0.4, -0.2) is 32.4 Å². The van der Waals surface area contributed by atoms with Crippen molar-refractivity contribution in [3.05, 3.63) is 59.2 Å². The second-order valence-electron chi connectivity index (χ2n) is 7.04. The molecule has 2 rings (SSSR count). The highest BCUT2D eigenvalue weighted by molar-refractivity contribution is 7.89. The zero-order valence-electron chi connectivity index (χ0n) is 17.1. The van der Waals surface area contributed by atoms with Crippen molar-refractivity contribution in [1.82, 2.24) is 4.72 Å². The van der Waals surface area contributed by atoms with E-state index in [0.29, 0.717) is 5.69 Å². The molecule has 0 aliphatic heterocycles. The Kier molecular flexibility index (Phi) is 7.16. The molecule has 0 unspecified atom stereocenters. The SMILES string of the molecule is Cc1ccc(S(=O)(=O)N[C@@H](C)C(=O)O[C@@H](C)C(=O)Nc2cc(C)ccc2C)cc1. The Hall–Kier alpha value is -2.71. The van der Waals surface area contributed by atoms with E-state index < -0.39 is 34.0 Å². The third kappa shape index (κ3) is 6.13. The van der Waals surface area contributed by atoms with Gasteiger partial charge in [-0.15, -0.1) is 0 Å². The Bertz CT molecular complexity index is 1000. The molecule has 0 spiro atoms. The molecule has 2 aromatic carbocycles. The van der Waals surface area contributed by atoms with E-state index in [9.17, 15) is 18.0 Å². The van der Waals surface area contributed by atoms with Crippen LogP contribution in [0.15, 0.2) is 47.4 Å². The summed E-state index contributed by atoms with van der Waals surface area (Å²) in [6.07, 6.45) is -1.09. The number of hydrogen-bond acceptors (Lipinski definition) is 5. The van der Waals surface area contributed by atoms with E-state index in [1.165, 1.54) is 26.0 Å². The molecule has 2 N–H and O–H groups in total. The van der Waals surface area contributed by atoms with Gasteiger partial charge in [-0.2, -0.15) is 4.72 Å². The first-order valence-corrected chi connectivity index (χ1v) is 10.7. The lowest BCUT2D eigenvalue weighted by molar-refractivity contribution is -0.154. The third-order valence-electron chi connectivity index (χ3n) is 4.33. The number of hydrogen-bond donors (Lipinski definition) is 2. The summed E-state index contributed by atoms with van der Waals surface area (Å²) < 4.78 is 32.2. The highest BCUT2D eigenvalue weighted by atomic mass is 32.2. The summed E-state index contributed by atoms with van der Waals surface area (Å²) in [5.41, 5.74) is 3.41. The second kappa shape index (κ2) is 9.19. The quantitative estimate of drug-likeness (QED) is 0.673. The lowest BCUT2D eigenvalue weighted by atomic mass is 10.1. The average molecular weight is 419 g/mol. The molecule has 0 saturated heterocycles. The maximum Gasteiger partial charge on any atom is 0.324 e. The summed E-state index contributed by atoms with van der Waals surface area (Å²) in [6, 6.07) is 10.7. The minimum Gasteiger partial charge on any atom is -0.451 e. The van der Waals surface area contributed by atoms with Crippen LogP contribution in [-0.2, 0) is 24.3 Å². The predicted molar refractivity (Wildman–Crippen MR) is 111 cm³/mol. The largest absolute Gasteiger partial charge is 0.451 e. The van der Waals surface area contributed by atoms with Gasteiger partial charge < -0.3 is 10.1 Å². The molecular formula is C21H26N2O5S. The summed E-state index contributed by atoms with van der Waals surface area (Å²) in [6.45, 7) is 8.39. The van der Waals surface area contributed by atoms with Crippen molar-refractivity contribution < 1.29 is 22.7 Å². The fraction of sp³-hybridized carbons (Fsp3) is 0.333. The molecule has 0 aromatic heterocycles. The Morgan fingerprint density at radius 1 is 0.931 bits per heavy atom. The van der Waals surface area contributed by atoms with Crippen molar-refractivity contribution in [2.75, 3.05) is 5.32 Å². The summed E-state index contributed by atoms with van der Waals surface area (Å²) in [4.78, 5) is 24.7. The fourth-order valence-corrected chi connectivity index (χ4v) is 3.69. The van der Waals surface area contributed by atoms with Crippen molar-refractivity contribution in [2.45, 2.75) is 51.7 Å². The van der Waals surface area contributed by atoms with Crippen LogP contribution in [0.3, 0.4) is 0 Å². The molecule has 0 saturated carbocycles. The summed E-state index contributed by atoms with van der Waals surface area (Å²) >= 11 is 0. The normalized spacial score (nSPS) is 13.4. The van der Waals surface area contributed by atoms with Crippen molar-refractivity contribution >= 4 is 27.6 Å². The minimum atomic E-state index is -3.89. The number of anilines is 1. The first kappa shape index (κ1) is 22.6. The first-order chi connectivity index (χ1) is 13.5. The standard InChI is InChI=1S/C21H26N2O5S/c1-13-7-10-18(11-8-13)29(26,27)23-16(4)21(25)28-17(5)20(24)22-19-12-14(2)6-9-15(19)3/h6-12,16-17,23H,1-5H3,(H,22,24)/t16-,17-/m0/s1. The molecule has 7 nitrogen and oxygen atoms in total. The number of ether oxygens (including phenoxy) is 1. The second-order valence-corrected chi connectivity index (χ2v) is 8.76. The minimum absolute atomic E-state index is 0.0449. The molecule has 2 atom stereocenters. The molecule has 0 radical (unpaired) electrons. The maximum atomic E-state index is 12.4. The van der Waals surface area contributed by atoms with E-state index in [2.05, 4.69) is 10.0 Å². The van der Waals surface area contributed by atoms with Crippen LogP contribution < -0.4 is 10.0 Å². The molecule has 0 aliphatic rings. The van der Waals surface area contributed by atoms with Gasteiger partial charge in [0.15, 0.2) is 6.10 Å². The molecule has 0 heterocycles. The van der Waals surface area contributed by atoms with Crippen LogP contribution >= 0.6 is 0 Å². The summed E-state index contributed by atoms with van der Waals surface area (Å²) in [5.74, 6) is -1.34. The van der Waals surface area contributed by atoms with Crippen molar-refractivity contribution in [3.63, 3.8) is 0 Å². The lowest BCUT2D eigenvalue weighted by Crippen LogP contribution is -2.42. The van der Waals surface area contributed by atoms with Crippen LogP contribution in [0.2, 0.25) is 0 Å². The molecule has 0 bridgehead atoms. The number of carbonyl (C=O) groups is 2. The predicted octanol–water partition coefficient (Wildman–Crippen LogP) is 2.85. The van der Waals surface area contributed by atoms with Gasteiger partial charge >= 0.3 is 5.97 Å². The van der Waals surface area contributed by atoms with E-state index in [0.717, 1.165) is 16.7 Å². The van der Waals surface area contributed by atoms with Crippen LogP contribution in [0.25, 0.3) is 0 Å². The van der Waals surface area contributed by atoms with Crippen LogP contribution in [0.1, 0.15) is 30.5 Å². The van der Waals surface area contributed by atoms with Crippen LogP contribution in [0, 0.1) is 20.8 Å². The van der Waals surface area contributed by atoms with E-state index in [1.807, 2.05) is 39.0 Å². The topological polar surface area (TPSA) is 102 Å². The Balaban J connectivity index is 1.98. The van der Waals surface area contributed by atoms with Gasteiger partial charge in [0.25, 0.3) is 5.91 Å². The number of amides is 1. The highest BCUT2D eigenvalue weighted by Gasteiger charge is 2.26. The number of rotatable bonds is 7. The molecule has 156 valence electrons. The van der Waals surface area contributed by atoms with E-state index in [-0.39, 0.29) is 4.90 Å². The van der Waals surface area contributed by atoms with E-state index in [1.54, 1.807) is 12.1 Å². The van der Waals surface area contributed by atoms with E-state index in [4.69, 9.17) is 4.74 Å². The molecule has 1 amide bonds. The molecular weight excluding hydrogens is 392 g/mol. The number of sulfonamides is 1. The van der Waals surface area contributed by atoms with Crippen molar-refractivity contribution in [1.29, 1.82) is 0 Å². The zero-order chi connectivity index (χ0) is 21.8. The number of aryl methyl sites for hydroxylation is 3. The zero-order valence-corrected chi connectivity index (χ0v) is 18.0. The smallest absolute Gasteiger partial charge is 0.324 e. The Labute approximate surface area is 171 Å². The van der Waals surface area contributed by atoms with Gasteiger partial charge in [-0.05, 0) is 63.9 Å². The fourth-order valence-electron chi connectivity index (χ4n) is 2.50. The molecule has 2 aromatic rings. The number of carbonyl (C=O) groups excluding carboxylic acids is 2. The lowest BCUT2D eigenvalue weighted by Gasteiger charge is -2.18. The number of benzene rings is 2. The monoisotopic (exact) mass is 418 g/mol. The van der Waals surface area contributed by atoms with Gasteiger partial charge in [0, 0.05) is 5.69 Å². The number of nitrogens with one attached hydrogen (secondary N) is 2. The van der Waals surface area contributed by atoms with Crippen LogP contribution in [0.4, 0.5) is 5.69 Å². The van der Waals surface area contributed by atoms with Gasteiger partial charge in [0.1, 0.15) is 6.04 Å². The van der Waals surface area contributed by atoms with Gasteiger partial charge in [-0.1, -0.05) is 29.8 Å². The highest BCUT2D eigenvalue weighted by Crippen LogP contribution is 2.17. The van der Waals surface area contributed by atoms with Gasteiger partial charge in [-0.3, -0.25) is 9.59 Å². The average Bonchev–Trinajstić information content (AvgIpc) is 2.64. The summed E-state index contributed by atoms with van der Waals surface area (Å²) in [5, 5.41) is 2.72. The Morgan fingerprint density at radius 3 is 2.14 bits per heavy atom. The molecule has 8 heteroatoms. The first-order valence-electron chi connectivity index (χ1n) is 9.17. The van der Waals surface area contributed by atoms with Gasteiger partial charge in [-0.25, -0.2) is 8.42 Å².